The maximum absolute atomic E-state index is 10.7. The Hall–Kier alpha value is -1.71. The van der Waals surface area contributed by atoms with Gasteiger partial charge >= 0.3 is 0 Å². The standard InChI is InChI=1S/C9H12N2O2/c1-6(9(11)12)13-8-4-2-3-7(10)5-8/h2-6H,10H2,1H3,(H2,11,12). The van der Waals surface area contributed by atoms with E-state index in [1.54, 1.807) is 31.2 Å². The fourth-order valence-electron chi connectivity index (χ4n) is 0.850. The van der Waals surface area contributed by atoms with Crippen molar-refractivity contribution in [2.45, 2.75) is 13.0 Å². The molecule has 70 valence electrons. The van der Waals surface area contributed by atoms with E-state index in [9.17, 15) is 4.79 Å². The molecule has 13 heavy (non-hydrogen) atoms. The molecule has 0 aliphatic carbocycles. The maximum Gasteiger partial charge on any atom is 0.258 e. The lowest BCUT2D eigenvalue weighted by Gasteiger charge is -2.10. The minimum Gasteiger partial charge on any atom is -0.481 e. The number of rotatable bonds is 3. The molecule has 0 bridgehead atoms. The second kappa shape index (κ2) is 3.80. The van der Waals surface area contributed by atoms with Gasteiger partial charge in [-0.2, -0.15) is 0 Å². The largest absolute Gasteiger partial charge is 0.481 e. The van der Waals surface area contributed by atoms with Crippen molar-refractivity contribution >= 4 is 11.6 Å². The number of hydrogen-bond donors (Lipinski definition) is 2. The van der Waals surface area contributed by atoms with Gasteiger partial charge in [0.15, 0.2) is 6.10 Å². The van der Waals surface area contributed by atoms with Crippen LogP contribution in [0.1, 0.15) is 6.92 Å². The van der Waals surface area contributed by atoms with Crippen LogP contribution in [0.25, 0.3) is 0 Å². The predicted molar refractivity (Wildman–Crippen MR) is 50.1 cm³/mol. The smallest absolute Gasteiger partial charge is 0.258 e. The van der Waals surface area contributed by atoms with Crippen molar-refractivity contribution in [3.8, 4) is 5.75 Å². The van der Waals surface area contributed by atoms with E-state index in [4.69, 9.17) is 16.2 Å². The lowest BCUT2D eigenvalue weighted by Crippen LogP contribution is -2.30. The molecule has 1 atom stereocenters. The molecular weight excluding hydrogens is 168 g/mol. The van der Waals surface area contributed by atoms with Gasteiger partial charge in [-0.15, -0.1) is 0 Å². The quantitative estimate of drug-likeness (QED) is 0.665. The number of nitrogens with two attached hydrogens (primary N) is 2. The summed E-state index contributed by atoms with van der Waals surface area (Å²) in [4.78, 5) is 10.7. The van der Waals surface area contributed by atoms with Crippen LogP contribution in [0, 0.1) is 0 Å². The molecule has 4 heteroatoms. The van der Waals surface area contributed by atoms with Crippen molar-refractivity contribution in [1.29, 1.82) is 0 Å². The van der Waals surface area contributed by atoms with Gasteiger partial charge in [-0.3, -0.25) is 4.79 Å². The molecule has 1 rings (SSSR count). The highest BCUT2D eigenvalue weighted by molar-refractivity contribution is 5.78. The van der Waals surface area contributed by atoms with Crippen LogP contribution in [0.3, 0.4) is 0 Å². The minimum atomic E-state index is -0.637. The first-order valence-electron chi connectivity index (χ1n) is 3.91. The number of primary amides is 1. The van der Waals surface area contributed by atoms with E-state index in [-0.39, 0.29) is 0 Å². The Morgan fingerprint density at radius 3 is 2.77 bits per heavy atom. The number of hydrogen-bond acceptors (Lipinski definition) is 3. The van der Waals surface area contributed by atoms with Crippen molar-refractivity contribution in [3.63, 3.8) is 0 Å². The molecule has 4 N–H and O–H groups in total. The normalized spacial score (nSPS) is 12.1. The van der Waals surface area contributed by atoms with E-state index in [2.05, 4.69) is 0 Å². The van der Waals surface area contributed by atoms with Crippen molar-refractivity contribution in [2.75, 3.05) is 5.73 Å². The van der Waals surface area contributed by atoms with Crippen LogP contribution in [-0.4, -0.2) is 12.0 Å². The fraction of sp³-hybridized carbons (Fsp3) is 0.222. The monoisotopic (exact) mass is 180 g/mol. The first-order chi connectivity index (χ1) is 6.09. The minimum absolute atomic E-state index is 0.498. The van der Waals surface area contributed by atoms with Crippen molar-refractivity contribution in [1.82, 2.24) is 0 Å². The highest BCUT2D eigenvalue weighted by atomic mass is 16.5. The summed E-state index contributed by atoms with van der Waals surface area (Å²) in [6.07, 6.45) is -0.637. The van der Waals surface area contributed by atoms with E-state index in [0.29, 0.717) is 11.4 Å². The van der Waals surface area contributed by atoms with Crippen LogP contribution in [0.2, 0.25) is 0 Å². The lowest BCUT2D eigenvalue weighted by atomic mass is 10.3. The number of carbonyl (C=O) groups is 1. The third-order valence-electron chi connectivity index (χ3n) is 1.57. The number of anilines is 1. The van der Waals surface area contributed by atoms with Crippen molar-refractivity contribution < 1.29 is 9.53 Å². The average Bonchev–Trinajstić information content (AvgIpc) is 2.04. The van der Waals surface area contributed by atoms with Crippen LogP contribution < -0.4 is 16.2 Å². The van der Waals surface area contributed by atoms with E-state index in [0.717, 1.165) is 0 Å². The molecule has 0 saturated heterocycles. The average molecular weight is 180 g/mol. The van der Waals surface area contributed by atoms with Gasteiger partial charge in [0.25, 0.3) is 5.91 Å². The molecule has 0 fully saturated rings. The molecule has 1 aromatic carbocycles. The summed E-state index contributed by atoms with van der Waals surface area (Å²) >= 11 is 0. The summed E-state index contributed by atoms with van der Waals surface area (Å²) < 4.78 is 5.20. The third-order valence-corrected chi connectivity index (χ3v) is 1.57. The number of amides is 1. The van der Waals surface area contributed by atoms with Crippen LogP contribution >= 0.6 is 0 Å². The highest BCUT2D eigenvalue weighted by Gasteiger charge is 2.09. The Morgan fingerprint density at radius 1 is 1.54 bits per heavy atom. The molecule has 0 aliphatic rings. The van der Waals surface area contributed by atoms with Crippen molar-refractivity contribution in [2.24, 2.45) is 5.73 Å². The zero-order chi connectivity index (χ0) is 9.84. The molecule has 0 aliphatic heterocycles. The Labute approximate surface area is 76.5 Å². The highest BCUT2D eigenvalue weighted by Crippen LogP contribution is 2.15. The maximum atomic E-state index is 10.7. The molecule has 0 spiro atoms. The molecule has 4 nitrogen and oxygen atoms in total. The molecule has 1 unspecified atom stereocenters. The van der Waals surface area contributed by atoms with Crippen LogP contribution in [0.5, 0.6) is 5.75 Å². The molecule has 1 aromatic rings. The van der Waals surface area contributed by atoms with E-state index >= 15 is 0 Å². The third kappa shape index (κ3) is 2.66. The van der Waals surface area contributed by atoms with Crippen LogP contribution in [0.4, 0.5) is 5.69 Å². The molecule has 0 radical (unpaired) electrons. The van der Waals surface area contributed by atoms with Gasteiger partial charge in [-0.05, 0) is 19.1 Å². The summed E-state index contributed by atoms with van der Waals surface area (Å²) in [5.74, 6) is 0.0497. The summed E-state index contributed by atoms with van der Waals surface area (Å²) in [6.45, 7) is 1.59. The molecule has 1 amide bonds. The summed E-state index contributed by atoms with van der Waals surface area (Å²) in [6, 6.07) is 6.84. The van der Waals surface area contributed by atoms with Crippen molar-refractivity contribution in [3.05, 3.63) is 24.3 Å². The second-order valence-corrected chi connectivity index (χ2v) is 2.73. The molecular formula is C9H12N2O2. The number of nitrogen functional groups attached to an aromatic ring is 1. The second-order valence-electron chi connectivity index (χ2n) is 2.73. The Balaban J connectivity index is 2.69. The van der Waals surface area contributed by atoms with Crippen LogP contribution in [0.15, 0.2) is 24.3 Å². The van der Waals surface area contributed by atoms with E-state index < -0.39 is 12.0 Å². The SMILES string of the molecule is CC(Oc1cccc(N)c1)C(N)=O. The fourth-order valence-corrected chi connectivity index (χ4v) is 0.850. The Kier molecular flexibility index (Phi) is 2.74. The lowest BCUT2D eigenvalue weighted by molar-refractivity contribution is -0.123. The van der Waals surface area contributed by atoms with Gasteiger partial charge in [0.2, 0.25) is 0 Å². The molecule has 0 aromatic heterocycles. The molecule has 0 saturated carbocycles. The van der Waals surface area contributed by atoms with Gasteiger partial charge in [0, 0.05) is 11.8 Å². The number of benzene rings is 1. The van der Waals surface area contributed by atoms with Gasteiger partial charge in [-0.1, -0.05) is 6.07 Å². The Bertz CT molecular complexity index is 312. The van der Waals surface area contributed by atoms with Gasteiger partial charge in [-0.25, -0.2) is 0 Å². The number of carbonyl (C=O) groups excluding carboxylic acids is 1. The van der Waals surface area contributed by atoms with Gasteiger partial charge in [0.1, 0.15) is 5.75 Å². The number of ether oxygens (including phenoxy) is 1. The topological polar surface area (TPSA) is 78.3 Å². The molecule has 0 heterocycles. The summed E-state index contributed by atoms with van der Waals surface area (Å²) in [5, 5.41) is 0. The van der Waals surface area contributed by atoms with E-state index in [1.807, 2.05) is 0 Å². The summed E-state index contributed by atoms with van der Waals surface area (Å²) in [7, 11) is 0. The Morgan fingerprint density at radius 2 is 2.23 bits per heavy atom. The first-order valence-corrected chi connectivity index (χ1v) is 3.91. The van der Waals surface area contributed by atoms with Gasteiger partial charge < -0.3 is 16.2 Å². The van der Waals surface area contributed by atoms with Gasteiger partial charge in [0.05, 0.1) is 0 Å². The zero-order valence-electron chi connectivity index (χ0n) is 7.36. The van der Waals surface area contributed by atoms with Crippen LogP contribution in [-0.2, 0) is 4.79 Å². The first kappa shape index (κ1) is 9.38. The zero-order valence-corrected chi connectivity index (χ0v) is 7.36. The summed E-state index contributed by atoms with van der Waals surface area (Å²) in [5.41, 5.74) is 11.1. The van der Waals surface area contributed by atoms with E-state index in [1.165, 1.54) is 0 Å². The predicted octanol–water partition coefficient (Wildman–Crippen LogP) is 0.521.